The van der Waals surface area contributed by atoms with Gasteiger partial charge >= 0.3 is 5.04 Å². The molecule has 0 aliphatic rings. The van der Waals surface area contributed by atoms with Crippen LogP contribution in [0.15, 0.2) is 41.8 Å². The highest BCUT2D eigenvalue weighted by atomic mass is 32.2. The normalized spacial score (nSPS) is 10.6. The molecule has 19 heavy (non-hydrogen) atoms. The summed E-state index contributed by atoms with van der Waals surface area (Å²) in [4.78, 5) is 14.3. The summed E-state index contributed by atoms with van der Waals surface area (Å²) in [5.41, 5.74) is 9.70. The van der Waals surface area contributed by atoms with Gasteiger partial charge in [0.1, 0.15) is 0 Å². The molecule has 1 rings (SSSR count). The maximum absolute atomic E-state index is 12.1. The molecule has 0 unspecified atom stereocenters. The Kier molecular flexibility index (Phi) is 4.92. The van der Waals surface area contributed by atoms with Gasteiger partial charge in [0, 0.05) is 6.42 Å². The first kappa shape index (κ1) is 15.0. The molecule has 0 N–H and O–H groups in total. The SMILES string of the molecule is C=CCCC(=O)C(=[N+]=[N-])S(=O)(=O)c1ccc(C)cc1. The highest BCUT2D eigenvalue weighted by Crippen LogP contribution is 2.14. The number of rotatable bonds is 5. The summed E-state index contributed by atoms with van der Waals surface area (Å²) in [5, 5.41) is -0.835. The van der Waals surface area contributed by atoms with E-state index < -0.39 is 20.7 Å². The van der Waals surface area contributed by atoms with Gasteiger partial charge in [-0.25, -0.2) is 8.42 Å². The van der Waals surface area contributed by atoms with Crippen molar-refractivity contribution in [3.63, 3.8) is 0 Å². The number of allylic oxidation sites excluding steroid dienone is 1. The van der Waals surface area contributed by atoms with Crippen molar-refractivity contribution >= 4 is 20.7 Å². The number of benzene rings is 1. The minimum absolute atomic E-state index is 0.0615. The van der Waals surface area contributed by atoms with Crippen molar-refractivity contribution in [1.82, 2.24) is 0 Å². The largest absolute Gasteiger partial charge is 0.451 e. The minimum atomic E-state index is -4.08. The second kappa shape index (κ2) is 6.22. The van der Waals surface area contributed by atoms with Crippen molar-refractivity contribution in [2.75, 3.05) is 0 Å². The van der Waals surface area contributed by atoms with Crippen LogP contribution in [0.4, 0.5) is 0 Å². The molecule has 0 aliphatic carbocycles. The van der Waals surface area contributed by atoms with E-state index in [0.717, 1.165) is 5.56 Å². The molecule has 1 aromatic carbocycles. The lowest BCUT2D eigenvalue weighted by Crippen LogP contribution is -2.25. The van der Waals surface area contributed by atoms with Crippen molar-refractivity contribution in [3.8, 4) is 0 Å². The van der Waals surface area contributed by atoms with E-state index in [9.17, 15) is 13.2 Å². The van der Waals surface area contributed by atoms with E-state index in [1.165, 1.54) is 18.2 Å². The van der Waals surface area contributed by atoms with Crippen LogP contribution in [0, 0.1) is 6.92 Å². The van der Waals surface area contributed by atoms with Gasteiger partial charge in [0.2, 0.25) is 0 Å². The summed E-state index contributed by atoms with van der Waals surface area (Å²) >= 11 is 0. The van der Waals surface area contributed by atoms with Gasteiger partial charge in [0.05, 0.1) is 4.90 Å². The summed E-state index contributed by atoms with van der Waals surface area (Å²) in [5.74, 6) is -0.733. The van der Waals surface area contributed by atoms with Crippen LogP contribution in [0.1, 0.15) is 18.4 Å². The lowest BCUT2D eigenvalue weighted by Gasteiger charge is -2.00. The van der Waals surface area contributed by atoms with Gasteiger partial charge in [-0.15, -0.1) is 11.4 Å². The fourth-order valence-corrected chi connectivity index (χ4v) is 2.66. The van der Waals surface area contributed by atoms with Gasteiger partial charge in [-0.1, -0.05) is 23.8 Å². The molecule has 0 heterocycles. The van der Waals surface area contributed by atoms with E-state index in [1.807, 2.05) is 6.92 Å². The monoisotopic (exact) mass is 278 g/mol. The number of ketones is 1. The van der Waals surface area contributed by atoms with E-state index in [0.29, 0.717) is 6.42 Å². The Morgan fingerprint density at radius 3 is 2.42 bits per heavy atom. The Morgan fingerprint density at radius 2 is 1.95 bits per heavy atom. The Morgan fingerprint density at radius 1 is 1.37 bits per heavy atom. The van der Waals surface area contributed by atoms with Crippen molar-refractivity contribution in [1.29, 1.82) is 0 Å². The van der Waals surface area contributed by atoms with Crippen molar-refractivity contribution in [2.24, 2.45) is 0 Å². The average molecular weight is 278 g/mol. The number of hydrogen-bond donors (Lipinski definition) is 0. The van der Waals surface area contributed by atoms with Gasteiger partial charge in [0.15, 0.2) is 0 Å². The Hall–Kier alpha value is -2.04. The third-order valence-corrected chi connectivity index (χ3v) is 4.20. The van der Waals surface area contributed by atoms with Gasteiger partial charge in [-0.05, 0) is 25.5 Å². The number of aryl methyl sites for hydroxylation is 1. The first-order valence-corrected chi connectivity index (χ1v) is 7.09. The standard InChI is InChI=1S/C13H14N2O3S/c1-3-4-5-12(16)13(15-14)19(17,18)11-8-6-10(2)7-9-11/h3,6-9H,1,4-5H2,2H3. The van der Waals surface area contributed by atoms with Crippen molar-refractivity contribution in [3.05, 3.63) is 48.0 Å². The van der Waals surface area contributed by atoms with E-state index in [-0.39, 0.29) is 11.3 Å². The zero-order valence-corrected chi connectivity index (χ0v) is 11.4. The first-order chi connectivity index (χ1) is 8.93. The van der Waals surface area contributed by atoms with Gasteiger partial charge in [0.25, 0.3) is 15.6 Å². The lowest BCUT2D eigenvalue weighted by molar-refractivity contribution is -0.116. The maximum atomic E-state index is 12.1. The molecule has 0 saturated heterocycles. The highest BCUT2D eigenvalue weighted by molar-refractivity contribution is 8.08. The summed E-state index contributed by atoms with van der Waals surface area (Å²) in [6, 6.07) is 5.96. The summed E-state index contributed by atoms with van der Waals surface area (Å²) in [7, 11) is -4.08. The van der Waals surface area contributed by atoms with Crippen LogP contribution in [-0.2, 0) is 14.6 Å². The van der Waals surface area contributed by atoms with Gasteiger partial charge in [-0.2, -0.15) is 0 Å². The van der Waals surface area contributed by atoms with Crippen LogP contribution >= 0.6 is 0 Å². The zero-order valence-electron chi connectivity index (χ0n) is 10.5. The van der Waals surface area contributed by atoms with Gasteiger partial charge in [-0.3, -0.25) is 4.79 Å². The smallest absolute Gasteiger partial charge is 0.360 e. The molecule has 6 heteroatoms. The Bertz CT molecular complexity index is 639. The molecule has 5 nitrogen and oxygen atoms in total. The second-order valence-electron chi connectivity index (χ2n) is 3.97. The van der Waals surface area contributed by atoms with Crippen LogP contribution in [0.2, 0.25) is 0 Å². The summed E-state index contributed by atoms with van der Waals surface area (Å²) < 4.78 is 24.3. The van der Waals surface area contributed by atoms with E-state index in [2.05, 4.69) is 11.4 Å². The predicted molar refractivity (Wildman–Crippen MR) is 71.4 cm³/mol. The quantitative estimate of drug-likeness (QED) is 0.271. The van der Waals surface area contributed by atoms with Crippen LogP contribution in [0.3, 0.4) is 0 Å². The van der Waals surface area contributed by atoms with Crippen LogP contribution in [0.25, 0.3) is 5.53 Å². The average Bonchev–Trinajstić information content (AvgIpc) is 2.37. The molecule has 100 valence electrons. The Balaban J connectivity index is 3.17. The summed E-state index contributed by atoms with van der Waals surface area (Å²) in [6.45, 7) is 5.26. The molecule has 0 radical (unpaired) electrons. The van der Waals surface area contributed by atoms with Crippen molar-refractivity contribution in [2.45, 2.75) is 24.7 Å². The van der Waals surface area contributed by atoms with E-state index in [1.54, 1.807) is 12.1 Å². The molecule has 0 spiro atoms. The van der Waals surface area contributed by atoms with Gasteiger partial charge < -0.3 is 5.53 Å². The molecule has 0 fully saturated rings. The molecule has 0 saturated carbocycles. The number of sulfone groups is 1. The highest BCUT2D eigenvalue weighted by Gasteiger charge is 2.36. The van der Waals surface area contributed by atoms with Crippen LogP contribution in [-0.4, -0.2) is 24.0 Å². The fourth-order valence-electron chi connectivity index (χ4n) is 1.43. The maximum Gasteiger partial charge on any atom is 0.451 e. The molecule has 1 aromatic rings. The number of hydrogen-bond acceptors (Lipinski definition) is 3. The first-order valence-electron chi connectivity index (χ1n) is 5.61. The summed E-state index contributed by atoms with van der Waals surface area (Å²) in [6.07, 6.45) is 1.75. The Labute approximate surface area is 112 Å². The topological polar surface area (TPSA) is 87.6 Å². The van der Waals surface area contributed by atoms with E-state index >= 15 is 0 Å². The minimum Gasteiger partial charge on any atom is -0.360 e. The molecule has 0 amide bonds. The number of nitrogens with zero attached hydrogens (tertiary/aromatic N) is 2. The third kappa shape index (κ3) is 3.47. The fraction of sp³-hybridized carbons (Fsp3) is 0.231. The molecule has 0 aromatic heterocycles. The molecular weight excluding hydrogens is 264 g/mol. The zero-order chi connectivity index (χ0) is 14.5. The lowest BCUT2D eigenvalue weighted by atomic mass is 10.2. The number of carbonyl (C=O) groups excluding carboxylic acids is 1. The predicted octanol–water partition coefficient (Wildman–Crippen LogP) is 1.93. The third-order valence-electron chi connectivity index (χ3n) is 2.49. The molecular formula is C13H14N2O3S. The number of carbonyl (C=O) groups is 1. The van der Waals surface area contributed by atoms with Crippen LogP contribution in [0.5, 0.6) is 0 Å². The molecule has 0 atom stereocenters. The molecule has 0 aliphatic heterocycles. The van der Waals surface area contributed by atoms with Crippen LogP contribution < -0.4 is 0 Å². The second-order valence-corrected chi connectivity index (χ2v) is 5.84. The van der Waals surface area contributed by atoms with E-state index in [4.69, 9.17) is 5.53 Å². The number of Topliss-reactive ketones (excluding diaryl/α,β-unsaturated/α-hetero) is 1. The van der Waals surface area contributed by atoms with Crippen molar-refractivity contribution < 1.29 is 18.0 Å². The molecule has 0 bridgehead atoms.